The number of nitrogens with zero attached hydrogens (tertiary/aromatic N) is 1. The van der Waals surface area contributed by atoms with E-state index < -0.39 is 35.3 Å². The van der Waals surface area contributed by atoms with Crippen LogP contribution in [0.25, 0.3) is 0 Å². The number of carbonyl (C=O) groups is 4. The van der Waals surface area contributed by atoms with E-state index in [4.69, 9.17) is 9.47 Å². The number of fused-ring (bicyclic) bond motifs is 2. The summed E-state index contributed by atoms with van der Waals surface area (Å²) in [4.78, 5) is 54.9. The molecule has 3 aliphatic rings. The highest BCUT2D eigenvalue weighted by molar-refractivity contribution is 5.96. The molecule has 0 bridgehead atoms. The van der Waals surface area contributed by atoms with Crippen LogP contribution in [0.5, 0.6) is 0 Å². The van der Waals surface area contributed by atoms with Crippen LogP contribution in [0.2, 0.25) is 0 Å². The van der Waals surface area contributed by atoms with Gasteiger partial charge < -0.3 is 25.0 Å². The number of carbonyl (C=O) groups excluding carboxylic acids is 4. The van der Waals surface area contributed by atoms with Gasteiger partial charge in [-0.1, -0.05) is 38.8 Å². The highest BCUT2D eigenvalue weighted by atomic mass is 16.6. The van der Waals surface area contributed by atoms with Crippen molar-refractivity contribution >= 4 is 23.9 Å². The first-order valence-corrected chi connectivity index (χ1v) is 14.3. The number of amides is 3. The minimum absolute atomic E-state index is 0.116. The predicted molar refractivity (Wildman–Crippen MR) is 144 cm³/mol. The van der Waals surface area contributed by atoms with Gasteiger partial charge >= 0.3 is 12.1 Å². The average Bonchev–Trinajstić information content (AvgIpc) is 3.33. The molecule has 0 aromatic rings. The van der Waals surface area contributed by atoms with Crippen LogP contribution in [-0.2, 0) is 23.9 Å². The minimum atomic E-state index is -1.08. The predicted octanol–water partition coefficient (Wildman–Crippen LogP) is 4.10. The van der Waals surface area contributed by atoms with Crippen LogP contribution in [0.3, 0.4) is 0 Å². The molecule has 0 radical (unpaired) electrons. The monoisotopic (exact) mass is 533 g/mol. The second-order valence-electron chi connectivity index (χ2n) is 12.5. The molecule has 2 heterocycles. The zero-order valence-corrected chi connectivity index (χ0v) is 24.0. The van der Waals surface area contributed by atoms with E-state index in [2.05, 4.69) is 30.6 Å². The van der Waals surface area contributed by atoms with Gasteiger partial charge in [-0.2, -0.15) is 0 Å². The van der Waals surface area contributed by atoms with Gasteiger partial charge in [0.2, 0.25) is 11.8 Å². The SMILES string of the molecule is CCOC(=O)[C@@]12C[C@H]1/C=C\CCCCC[C@H](NC(=O)OC(C)(C)C)C(=O)N1C[C@H](CC(C)C)C[C@H]1C(=O)N2. The Hall–Kier alpha value is -2.58. The fraction of sp³-hybridized carbons (Fsp3) is 0.793. The summed E-state index contributed by atoms with van der Waals surface area (Å²) in [5.41, 5.74) is -1.78. The Morgan fingerprint density at radius 3 is 2.61 bits per heavy atom. The molecule has 0 spiro atoms. The van der Waals surface area contributed by atoms with Gasteiger partial charge in [-0.3, -0.25) is 9.59 Å². The zero-order chi connectivity index (χ0) is 28.1. The Labute approximate surface area is 227 Å². The lowest BCUT2D eigenvalue weighted by molar-refractivity contribution is -0.150. The van der Waals surface area contributed by atoms with Gasteiger partial charge in [-0.25, -0.2) is 9.59 Å². The maximum absolute atomic E-state index is 13.9. The molecule has 3 rings (SSSR count). The maximum atomic E-state index is 13.9. The van der Waals surface area contributed by atoms with Gasteiger partial charge in [-0.05, 0) is 78.1 Å². The first-order chi connectivity index (χ1) is 17.9. The van der Waals surface area contributed by atoms with E-state index in [0.717, 1.165) is 32.1 Å². The lowest BCUT2D eigenvalue weighted by Crippen LogP contribution is -2.56. The molecule has 5 atom stereocenters. The van der Waals surface area contributed by atoms with Crippen molar-refractivity contribution in [1.82, 2.24) is 15.5 Å². The van der Waals surface area contributed by atoms with Crippen molar-refractivity contribution < 1.29 is 28.7 Å². The van der Waals surface area contributed by atoms with Crippen molar-refractivity contribution in [2.75, 3.05) is 13.2 Å². The Morgan fingerprint density at radius 1 is 1.21 bits per heavy atom. The van der Waals surface area contributed by atoms with E-state index in [9.17, 15) is 19.2 Å². The average molecular weight is 534 g/mol. The molecule has 214 valence electrons. The van der Waals surface area contributed by atoms with Crippen molar-refractivity contribution in [3.05, 3.63) is 12.2 Å². The molecule has 0 aromatic carbocycles. The fourth-order valence-corrected chi connectivity index (χ4v) is 5.72. The van der Waals surface area contributed by atoms with Crippen molar-refractivity contribution in [2.24, 2.45) is 17.8 Å². The summed E-state index contributed by atoms with van der Waals surface area (Å²) in [6.45, 7) is 12.0. The minimum Gasteiger partial charge on any atom is -0.464 e. The maximum Gasteiger partial charge on any atom is 0.408 e. The molecule has 2 fully saturated rings. The van der Waals surface area contributed by atoms with Crippen molar-refractivity contribution in [3.8, 4) is 0 Å². The first-order valence-electron chi connectivity index (χ1n) is 14.3. The Bertz CT molecular complexity index is 910. The first kappa shape index (κ1) is 30.0. The smallest absolute Gasteiger partial charge is 0.408 e. The number of esters is 1. The zero-order valence-electron chi connectivity index (χ0n) is 24.0. The number of rotatable bonds is 5. The van der Waals surface area contributed by atoms with E-state index in [1.165, 1.54) is 0 Å². The van der Waals surface area contributed by atoms with E-state index in [0.29, 0.717) is 31.7 Å². The van der Waals surface area contributed by atoms with E-state index in [1.807, 2.05) is 6.08 Å². The van der Waals surface area contributed by atoms with Crippen LogP contribution in [0.15, 0.2) is 12.2 Å². The molecule has 3 amide bonds. The molecule has 1 aliphatic carbocycles. The third-order valence-electron chi connectivity index (χ3n) is 7.50. The molecule has 1 saturated heterocycles. The molecule has 2 N–H and O–H groups in total. The summed E-state index contributed by atoms with van der Waals surface area (Å²) in [6, 6.07) is -1.50. The van der Waals surface area contributed by atoms with Crippen LogP contribution in [-0.4, -0.2) is 65.2 Å². The number of hydrogen-bond acceptors (Lipinski definition) is 6. The lowest BCUT2D eigenvalue weighted by Gasteiger charge is -2.30. The highest BCUT2D eigenvalue weighted by Crippen LogP contribution is 2.46. The second kappa shape index (κ2) is 12.5. The molecular formula is C29H47N3O6. The molecule has 1 saturated carbocycles. The van der Waals surface area contributed by atoms with E-state index >= 15 is 0 Å². The van der Waals surface area contributed by atoms with Crippen LogP contribution in [0, 0.1) is 17.8 Å². The molecule has 9 heteroatoms. The molecule has 9 nitrogen and oxygen atoms in total. The summed E-state index contributed by atoms with van der Waals surface area (Å²) >= 11 is 0. The van der Waals surface area contributed by atoms with Crippen LogP contribution in [0.1, 0.15) is 92.9 Å². The standard InChI is InChI=1S/C29H47N3O6/c1-7-37-26(35)29-17-21(29)13-11-9-8-10-12-14-22(30-27(36)38-28(4,5)6)25(34)32-18-20(15-19(2)3)16-23(32)24(33)31-29/h11,13,19-23H,7-10,12,14-18H2,1-6H3,(H,30,36)(H,31,33)/b13-11-/t20-,21-,22+,23+,29-/m1/s1. The van der Waals surface area contributed by atoms with Gasteiger partial charge in [-0.15, -0.1) is 0 Å². The summed E-state index contributed by atoms with van der Waals surface area (Å²) in [7, 11) is 0. The van der Waals surface area contributed by atoms with Crippen LogP contribution < -0.4 is 10.6 Å². The van der Waals surface area contributed by atoms with Gasteiger partial charge in [0, 0.05) is 12.5 Å². The lowest BCUT2D eigenvalue weighted by atomic mass is 9.94. The normalized spacial score (nSPS) is 31.3. The van der Waals surface area contributed by atoms with E-state index in [-0.39, 0.29) is 30.3 Å². The Balaban J connectivity index is 1.89. The largest absolute Gasteiger partial charge is 0.464 e. The Morgan fingerprint density at radius 2 is 1.95 bits per heavy atom. The third kappa shape index (κ3) is 7.73. The molecule has 2 aliphatic heterocycles. The summed E-state index contributed by atoms with van der Waals surface area (Å²) in [6.07, 6.45) is 9.24. The van der Waals surface area contributed by atoms with Gasteiger partial charge in [0.25, 0.3) is 0 Å². The number of nitrogens with one attached hydrogen (secondary N) is 2. The number of allylic oxidation sites excluding steroid dienone is 1. The molecule has 0 unspecified atom stereocenters. The van der Waals surface area contributed by atoms with Crippen LogP contribution >= 0.6 is 0 Å². The summed E-state index contributed by atoms with van der Waals surface area (Å²) in [5, 5.41) is 5.79. The quantitative estimate of drug-likeness (QED) is 0.406. The number of ether oxygens (including phenoxy) is 2. The van der Waals surface area contributed by atoms with Crippen LogP contribution in [0.4, 0.5) is 4.79 Å². The molecule has 0 aromatic heterocycles. The van der Waals surface area contributed by atoms with Gasteiger partial charge in [0.1, 0.15) is 23.2 Å². The van der Waals surface area contributed by atoms with Gasteiger partial charge in [0.15, 0.2) is 0 Å². The molecular weight excluding hydrogens is 486 g/mol. The van der Waals surface area contributed by atoms with Crippen molar-refractivity contribution in [1.29, 1.82) is 0 Å². The number of alkyl carbamates (subject to hydrolysis) is 1. The third-order valence-corrected chi connectivity index (χ3v) is 7.50. The topological polar surface area (TPSA) is 114 Å². The summed E-state index contributed by atoms with van der Waals surface area (Å²) in [5.74, 6) is -0.576. The van der Waals surface area contributed by atoms with E-state index in [1.54, 1.807) is 32.6 Å². The number of hydrogen-bond donors (Lipinski definition) is 2. The van der Waals surface area contributed by atoms with Crippen molar-refractivity contribution in [3.63, 3.8) is 0 Å². The molecule has 38 heavy (non-hydrogen) atoms. The summed E-state index contributed by atoms with van der Waals surface area (Å²) < 4.78 is 10.8. The fourth-order valence-electron chi connectivity index (χ4n) is 5.72. The Kier molecular flexibility index (Phi) is 9.87. The highest BCUT2D eigenvalue weighted by Gasteiger charge is 2.62. The second-order valence-corrected chi connectivity index (χ2v) is 12.5. The van der Waals surface area contributed by atoms with Gasteiger partial charge in [0.05, 0.1) is 6.61 Å². The van der Waals surface area contributed by atoms with Crippen molar-refractivity contribution in [2.45, 2.75) is 116 Å².